The minimum Gasteiger partial charge on any atom is -0.480 e. The zero-order chi connectivity index (χ0) is 22.7. The Hall–Kier alpha value is -3.22. The molecule has 0 aliphatic carbocycles. The Bertz CT molecular complexity index is 652. The summed E-state index contributed by atoms with van der Waals surface area (Å²) in [5.41, 5.74) is 15.3. The molecule has 0 aromatic rings. The summed E-state index contributed by atoms with van der Waals surface area (Å²) in [7, 11) is 0. The molecule has 0 saturated carbocycles. The van der Waals surface area contributed by atoms with Gasteiger partial charge in [-0.25, -0.2) is 4.79 Å². The molecule has 0 bridgehead atoms. The van der Waals surface area contributed by atoms with Crippen LogP contribution in [0, 0.1) is 5.92 Å². The molecule has 0 aromatic carbocycles. The van der Waals surface area contributed by atoms with Crippen LogP contribution in [-0.2, 0) is 28.8 Å². The van der Waals surface area contributed by atoms with Crippen molar-refractivity contribution in [3.63, 3.8) is 0 Å². The average Bonchev–Trinajstić information content (AvgIpc) is 2.56. The van der Waals surface area contributed by atoms with Crippen molar-refractivity contribution in [2.24, 2.45) is 23.1 Å². The quantitative estimate of drug-likeness (QED) is 0.157. The first kappa shape index (κ1) is 25.8. The molecule has 0 aliphatic rings. The Morgan fingerprint density at radius 1 is 0.862 bits per heavy atom. The molecule has 0 aliphatic heterocycles. The molecule has 0 radical (unpaired) electrons. The fourth-order valence-corrected chi connectivity index (χ4v) is 2.23. The molecule has 0 saturated heterocycles. The molecule has 0 heterocycles. The standard InChI is InChI=1S/C16H28N6O7/c1-7(2)3-9(15(27)22-10(16(28)29)5-12(19)24)21-13(25)6-20-14(26)8(17)4-11(18)23/h7-10H,3-6,17H2,1-2H3,(H2,18,23)(H2,19,24)(H,20,26)(H,21,25)(H,22,27)(H,28,29)/t8-,9-,10-/m0/s1. The lowest BCUT2D eigenvalue weighted by atomic mass is 10.0. The van der Waals surface area contributed by atoms with Gasteiger partial charge in [0.05, 0.1) is 25.4 Å². The molecule has 164 valence electrons. The number of nitrogens with two attached hydrogens (primary N) is 3. The largest absolute Gasteiger partial charge is 0.480 e. The molecule has 5 amide bonds. The van der Waals surface area contributed by atoms with E-state index in [0.717, 1.165) is 0 Å². The minimum absolute atomic E-state index is 0.0518. The van der Waals surface area contributed by atoms with Gasteiger partial charge >= 0.3 is 5.97 Å². The Kier molecular flexibility index (Phi) is 10.9. The normalized spacial score (nSPS) is 13.7. The first-order valence-electron chi connectivity index (χ1n) is 8.75. The van der Waals surface area contributed by atoms with Gasteiger partial charge in [-0.05, 0) is 12.3 Å². The van der Waals surface area contributed by atoms with Crippen molar-refractivity contribution in [1.29, 1.82) is 0 Å². The van der Waals surface area contributed by atoms with Gasteiger partial charge in [0.25, 0.3) is 0 Å². The van der Waals surface area contributed by atoms with Crippen LogP contribution in [0.1, 0.15) is 33.1 Å². The van der Waals surface area contributed by atoms with Crippen molar-refractivity contribution in [1.82, 2.24) is 16.0 Å². The van der Waals surface area contributed by atoms with Crippen LogP contribution in [0.25, 0.3) is 0 Å². The van der Waals surface area contributed by atoms with Crippen LogP contribution in [0.5, 0.6) is 0 Å². The zero-order valence-corrected chi connectivity index (χ0v) is 16.3. The van der Waals surface area contributed by atoms with Crippen molar-refractivity contribution in [3.05, 3.63) is 0 Å². The Morgan fingerprint density at radius 2 is 1.41 bits per heavy atom. The second-order valence-corrected chi connectivity index (χ2v) is 6.81. The Labute approximate surface area is 167 Å². The van der Waals surface area contributed by atoms with E-state index >= 15 is 0 Å². The molecule has 13 nitrogen and oxygen atoms in total. The van der Waals surface area contributed by atoms with E-state index in [-0.39, 0.29) is 12.3 Å². The van der Waals surface area contributed by atoms with Gasteiger partial charge in [0.2, 0.25) is 29.5 Å². The van der Waals surface area contributed by atoms with Gasteiger partial charge in [-0.15, -0.1) is 0 Å². The van der Waals surface area contributed by atoms with Gasteiger partial charge in [0, 0.05) is 0 Å². The number of carboxylic acid groups (broad SMARTS) is 1. The topological polar surface area (TPSA) is 237 Å². The molecule has 13 heteroatoms. The second-order valence-electron chi connectivity index (χ2n) is 6.81. The number of aliphatic carboxylic acids is 1. The summed E-state index contributed by atoms with van der Waals surface area (Å²) in [6, 6.07) is -3.88. The van der Waals surface area contributed by atoms with Gasteiger partial charge < -0.3 is 38.3 Å². The third-order valence-corrected chi connectivity index (χ3v) is 3.56. The van der Waals surface area contributed by atoms with E-state index in [4.69, 9.17) is 22.3 Å². The van der Waals surface area contributed by atoms with E-state index in [1.165, 1.54) is 0 Å². The predicted molar refractivity (Wildman–Crippen MR) is 99.6 cm³/mol. The highest BCUT2D eigenvalue weighted by molar-refractivity contribution is 5.94. The predicted octanol–water partition coefficient (Wildman–Crippen LogP) is -3.72. The van der Waals surface area contributed by atoms with Crippen molar-refractivity contribution in [2.75, 3.05) is 6.54 Å². The number of hydrogen-bond donors (Lipinski definition) is 7. The maximum atomic E-state index is 12.4. The lowest BCUT2D eigenvalue weighted by Crippen LogP contribution is -2.54. The lowest BCUT2D eigenvalue weighted by molar-refractivity contribution is -0.143. The number of rotatable bonds is 13. The molecule has 0 unspecified atom stereocenters. The summed E-state index contributed by atoms with van der Waals surface area (Å²) in [6.45, 7) is 3.01. The summed E-state index contributed by atoms with van der Waals surface area (Å²) in [4.78, 5) is 69.0. The van der Waals surface area contributed by atoms with Crippen LogP contribution in [0.15, 0.2) is 0 Å². The van der Waals surface area contributed by atoms with E-state index in [0.29, 0.717) is 0 Å². The fourth-order valence-electron chi connectivity index (χ4n) is 2.23. The Morgan fingerprint density at radius 3 is 1.86 bits per heavy atom. The van der Waals surface area contributed by atoms with E-state index in [1.807, 2.05) is 0 Å². The SMILES string of the molecule is CC(C)C[C@H](NC(=O)CNC(=O)[C@@H](N)CC(N)=O)C(=O)N[C@@H](CC(N)=O)C(=O)O. The first-order valence-corrected chi connectivity index (χ1v) is 8.75. The molecular formula is C16H28N6O7. The second kappa shape index (κ2) is 12.3. The van der Waals surface area contributed by atoms with Crippen molar-refractivity contribution in [2.45, 2.75) is 51.2 Å². The van der Waals surface area contributed by atoms with Crippen molar-refractivity contribution >= 4 is 35.5 Å². The van der Waals surface area contributed by atoms with Gasteiger partial charge in [-0.2, -0.15) is 0 Å². The summed E-state index contributed by atoms with van der Waals surface area (Å²) in [6.07, 6.45) is -0.852. The van der Waals surface area contributed by atoms with Crippen LogP contribution in [0.2, 0.25) is 0 Å². The minimum atomic E-state index is -1.54. The van der Waals surface area contributed by atoms with Gasteiger partial charge in [0.1, 0.15) is 12.1 Å². The van der Waals surface area contributed by atoms with E-state index in [2.05, 4.69) is 16.0 Å². The number of amides is 5. The van der Waals surface area contributed by atoms with E-state index < -0.39 is 73.0 Å². The van der Waals surface area contributed by atoms with Crippen LogP contribution >= 0.6 is 0 Å². The zero-order valence-electron chi connectivity index (χ0n) is 16.3. The molecule has 0 rings (SSSR count). The number of carboxylic acids is 1. The third kappa shape index (κ3) is 11.3. The van der Waals surface area contributed by atoms with Crippen LogP contribution in [0.4, 0.5) is 0 Å². The van der Waals surface area contributed by atoms with Gasteiger partial charge in [-0.3, -0.25) is 24.0 Å². The molecular weight excluding hydrogens is 388 g/mol. The number of hydrogen-bond acceptors (Lipinski definition) is 7. The van der Waals surface area contributed by atoms with Crippen LogP contribution in [-0.4, -0.2) is 65.3 Å². The number of carbonyl (C=O) groups is 6. The summed E-state index contributed by atoms with van der Waals surface area (Å²) >= 11 is 0. The fraction of sp³-hybridized carbons (Fsp3) is 0.625. The van der Waals surface area contributed by atoms with Gasteiger partial charge in [0.15, 0.2) is 0 Å². The highest BCUT2D eigenvalue weighted by atomic mass is 16.4. The average molecular weight is 416 g/mol. The molecule has 29 heavy (non-hydrogen) atoms. The monoisotopic (exact) mass is 416 g/mol. The van der Waals surface area contributed by atoms with Crippen molar-refractivity contribution < 1.29 is 33.9 Å². The maximum absolute atomic E-state index is 12.4. The lowest BCUT2D eigenvalue weighted by Gasteiger charge is -2.22. The molecule has 3 atom stereocenters. The third-order valence-electron chi connectivity index (χ3n) is 3.56. The number of carbonyl (C=O) groups excluding carboxylic acids is 5. The van der Waals surface area contributed by atoms with E-state index in [9.17, 15) is 28.8 Å². The summed E-state index contributed by atoms with van der Waals surface area (Å²) in [5.74, 6) is -5.56. The molecule has 10 N–H and O–H groups in total. The smallest absolute Gasteiger partial charge is 0.326 e. The molecule has 0 fully saturated rings. The highest BCUT2D eigenvalue weighted by Crippen LogP contribution is 2.06. The molecule has 0 aromatic heterocycles. The van der Waals surface area contributed by atoms with Crippen LogP contribution in [0.3, 0.4) is 0 Å². The maximum Gasteiger partial charge on any atom is 0.326 e. The summed E-state index contributed by atoms with van der Waals surface area (Å²) < 4.78 is 0. The number of nitrogens with one attached hydrogen (secondary N) is 3. The van der Waals surface area contributed by atoms with Crippen molar-refractivity contribution in [3.8, 4) is 0 Å². The number of primary amides is 2. The van der Waals surface area contributed by atoms with E-state index in [1.54, 1.807) is 13.8 Å². The highest BCUT2D eigenvalue weighted by Gasteiger charge is 2.28. The van der Waals surface area contributed by atoms with Gasteiger partial charge in [-0.1, -0.05) is 13.8 Å². The van der Waals surface area contributed by atoms with Crippen LogP contribution < -0.4 is 33.2 Å². The molecule has 0 spiro atoms. The summed E-state index contributed by atoms with van der Waals surface area (Å²) in [5, 5.41) is 15.8. The first-order chi connectivity index (χ1) is 13.3. The Balaban J connectivity index is 4.92.